The van der Waals surface area contributed by atoms with Crippen molar-refractivity contribution in [3.8, 4) is 0 Å². The summed E-state index contributed by atoms with van der Waals surface area (Å²) in [4.78, 5) is 4.27. The average Bonchev–Trinajstić information content (AvgIpc) is 2.88. The zero-order chi connectivity index (χ0) is 14.2. The van der Waals surface area contributed by atoms with Crippen molar-refractivity contribution in [1.82, 2.24) is 9.38 Å². The van der Waals surface area contributed by atoms with E-state index in [4.69, 9.17) is 11.6 Å². The quantitative estimate of drug-likeness (QED) is 0.809. The Morgan fingerprint density at radius 1 is 1.10 bits per heavy atom. The van der Waals surface area contributed by atoms with Gasteiger partial charge in [0.25, 0.3) is 10.0 Å². The average molecular weight is 308 g/mol. The third-order valence-corrected chi connectivity index (χ3v) is 4.42. The van der Waals surface area contributed by atoms with Gasteiger partial charge in [0.05, 0.1) is 10.6 Å². The van der Waals surface area contributed by atoms with E-state index in [0.29, 0.717) is 16.4 Å². The van der Waals surface area contributed by atoms with E-state index >= 15 is 0 Å². The fraction of sp³-hybridized carbons (Fsp3) is 0. The third-order valence-electron chi connectivity index (χ3n) is 2.79. The minimum Gasteiger partial charge on any atom is -0.305 e. The number of nitrogens with one attached hydrogen (secondary N) is 1. The number of hydrogen-bond donors (Lipinski definition) is 1. The Bertz CT molecular complexity index is 857. The maximum absolute atomic E-state index is 12.3. The lowest BCUT2D eigenvalue weighted by Crippen LogP contribution is -2.13. The molecule has 0 amide bonds. The van der Waals surface area contributed by atoms with Crippen molar-refractivity contribution in [2.75, 3.05) is 4.72 Å². The Kier molecular flexibility index (Phi) is 3.11. The van der Waals surface area contributed by atoms with E-state index in [9.17, 15) is 8.42 Å². The summed E-state index contributed by atoms with van der Waals surface area (Å²) < 4.78 is 28.8. The number of rotatable bonds is 3. The van der Waals surface area contributed by atoms with E-state index in [0.717, 1.165) is 0 Å². The fourth-order valence-corrected chi connectivity index (χ4v) is 3.03. The van der Waals surface area contributed by atoms with Crippen LogP contribution in [0, 0.1) is 0 Å². The van der Waals surface area contributed by atoms with Gasteiger partial charge in [0.15, 0.2) is 5.65 Å². The maximum atomic E-state index is 12.3. The van der Waals surface area contributed by atoms with Crippen LogP contribution < -0.4 is 4.72 Å². The second kappa shape index (κ2) is 4.81. The molecule has 0 aliphatic heterocycles. The molecule has 0 saturated heterocycles. The van der Waals surface area contributed by atoms with Crippen LogP contribution in [0.2, 0.25) is 5.02 Å². The molecule has 3 aromatic rings. The second-order valence-electron chi connectivity index (χ2n) is 4.14. The number of fused-ring (bicyclic) bond motifs is 1. The molecule has 0 aliphatic rings. The number of imidazole rings is 1. The molecule has 0 saturated carbocycles. The minimum atomic E-state index is -3.66. The first kappa shape index (κ1) is 13.0. The first-order chi connectivity index (χ1) is 9.56. The number of pyridine rings is 1. The molecule has 0 atom stereocenters. The van der Waals surface area contributed by atoms with E-state index in [1.807, 2.05) is 0 Å². The lowest BCUT2D eigenvalue weighted by atomic mass is 10.4. The van der Waals surface area contributed by atoms with E-state index in [1.165, 1.54) is 24.3 Å². The first-order valence-electron chi connectivity index (χ1n) is 5.76. The van der Waals surface area contributed by atoms with Gasteiger partial charge in [-0.3, -0.25) is 4.72 Å². The summed E-state index contributed by atoms with van der Waals surface area (Å²) in [6.45, 7) is 0. The summed E-state index contributed by atoms with van der Waals surface area (Å²) >= 11 is 5.76. The summed E-state index contributed by atoms with van der Waals surface area (Å²) in [5, 5.41) is 0.485. The minimum absolute atomic E-state index is 0.149. The Morgan fingerprint density at radius 3 is 2.60 bits per heavy atom. The maximum Gasteiger partial charge on any atom is 0.262 e. The van der Waals surface area contributed by atoms with Crippen molar-refractivity contribution >= 4 is 33.0 Å². The standard InChI is InChI=1S/C13H10ClN3O2S/c14-10-3-5-11(6-4-10)20(18,19)16-12-2-1-8-17-9-7-15-13(12)17/h1-9,16H. The summed E-state index contributed by atoms with van der Waals surface area (Å²) in [5.41, 5.74) is 0.970. The number of sulfonamides is 1. The number of aromatic nitrogens is 2. The van der Waals surface area contributed by atoms with E-state index in [2.05, 4.69) is 9.71 Å². The highest BCUT2D eigenvalue weighted by Crippen LogP contribution is 2.20. The summed E-state index contributed by atoms with van der Waals surface area (Å²) in [7, 11) is -3.66. The van der Waals surface area contributed by atoms with Gasteiger partial charge in [0.2, 0.25) is 0 Å². The monoisotopic (exact) mass is 307 g/mol. The highest BCUT2D eigenvalue weighted by molar-refractivity contribution is 7.92. The molecular weight excluding hydrogens is 298 g/mol. The Hall–Kier alpha value is -2.05. The van der Waals surface area contributed by atoms with Gasteiger partial charge in [-0.1, -0.05) is 11.6 Å². The molecule has 0 radical (unpaired) electrons. The van der Waals surface area contributed by atoms with Crippen LogP contribution in [0.15, 0.2) is 59.9 Å². The van der Waals surface area contributed by atoms with E-state index in [-0.39, 0.29) is 4.90 Å². The topological polar surface area (TPSA) is 63.5 Å². The second-order valence-corrected chi connectivity index (χ2v) is 6.26. The smallest absolute Gasteiger partial charge is 0.262 e. The number of benzene rings is 1. The van der Waals surface area contributed by atoms with Crippen LogP contribution in [-0.4, -0.2) is 17.8 Å². The molecule has 0 bridgehead atoms. The summed E-state index contributed by atoms with van der Waals surface area (Å²) in [6.07, 6.45) is 5.15. The van der Waals surface area contributed by atoms with Crippen LogP contribution >= 0.6 is 11.6 Å². The highest BCUT2D eigenvalue weighted by Gasteiger charge is 2.15. The third kappa shape index (κ3) is 2.35. The molecule has 2 heterocycles. The molecule has 1 aromatic carbocycles. The molecule has 102 valence electrons. The van der Waals surface area contributed by atoms with Crippen molar-refractivity contribution in [3.63, 3.8) is 0 Å². The summed E-state index contributed by atoms with van der Waals surface area (Å²) in [5.74, 6) is 0. The number of hydrogen-bond acceptors (Lipinski definition) is 3. The lowest BCUT2D eigenvalue weighted by molar-refractivity contribution is 0.601. The fourth-order valence-electron chi connectivity index (χ4n) is 1.85. The van der Waals surface area contributed by atoms with Gasteiger partial charge in [-0.15, -0.1) is 0 Å². The van der Waals surface area contributed by atoms with Gasteiger partial charge in [-0.2, -0.15) is 0 Å². The zero-order valence-electron chi connectivity index (χ0n) is 10.2. The van der Waals surface area contributed by atoms with Crippen LogP contribution in [0.5, 0.6) is 0 Å². The van der Waals surface area contributed by atoms with Crippen molar-refractivity contribution < 1.29 is 8.42 Å². The van der Waals surface area contributed by atoms with Gasteiger partial charge in [0.1, 0.15) is 0 Å². The molecule has 1 N–H and O–H groups in total. The van der Waals surface area contributed by atoms with Crippen molar-refractivity contribution in [1.29, 1.82) is 0 Å². The Morgan fingerprint density at radius 2 is 1.85 bits per heavy atom. The molecule has 0 aliphatic carbocycles. The molecular formula is C13H10ClN3O2S. The van der Waals surface area contributed by atoms with Gasteiger partial charge < -0.3 is 4.40 Å². The molecule has 0 unspecified atom stereocenters. The summed E-state index contributed by atoms with van der Waals surface area (Å²) in [6, 6.07) is 9.38. The predicted octanol–water partition coefficient (Wildman–Crippen LogP) is 2.79. The zero-order valence-corrected chi connectivity index (χ0v) is 11.8. The van der Waals surface area contributed by atoms with Crippen LogP contribution in [0.4, 0.5) is 5.69 Å². The normalized spacial score (nSPS) is 11.7. The van der Waals surface area contributed by atoms with Crippen LogP contribution in [0.1, 0.15) is 0 Å². The number of nitrogens with zero attached hydrogens (tertiary/aromatic N) is 2. The van der Waals surface area contributed by atoms with Gasteiger partial charge in [0, 0.05) is 23.6 Å². The Labute approximate surface area is 120 Å². The molecule has 2 aromatic heterocycles. The highest BCUT2D eigenvalue weighted by atomic mass is 35.5. The van der Waals surface area contributed by atoms with Crippen molar-refractivity contribution in [2.45, 2.75) is 4.90 Å². The molecule has 0 spiro atoms. The Balaban J connectivity index is 2.01. The molecule has 20 heavy (non-hydrogen) atoms. The lowest BCUT2D eigenvalue weighted by Gasteiger charge is -2.09. The largest absolute Gasteiger partial charge is 0.305 e. The van der Waals surface area contributed by atoms with E-state index < -0.39 is 10.0 Å². The van der Waals surface area contributed by atoms with Gasteiger partial charge in [-0.25, -0.2) is 13.4 Å². The molecule has 7 heteroatoms. The first-order valence-corrected chi connectivity index (χ1v) is 7.62. The molecule has 0 fully saturated rings. The van der Waals surface area contributed by atoms with Crippen molar-refractivity contribution in [2.24, 2.45) is 0 Å². The number of halogens is 1. The van der Waals surface area contributed by atoms with Crippen molar-refractivity contribution in [3.05, 3.63) is 60.0 Å². The molecule has 5 nitrogen and oxygen atoms in total. The van der Waals surface area contributed by atoms with E-state index in [1.54, 1.807) is 35.1 Å². The predicted molar refractivity (Wildman–Crippen MR) is 77.5 cm³/mol. The number of anilines is 1. The van der Waals surface area contributed by atoms with Gasteiger partial charge in [-0.05, 0) is 36.4 Å². The SMILES string of the molecule is O=S(=O)(Nc1cccn2ccnc12)c1ccc(Cl)cc1. The van der Waals surface area contributed by atoms with Crippen LogP contribution in [0.25, 0.3) is 5.65 Å². The van der Waals surface area contributed by atoms with Crippen LogP contribution in [-0.2, 0) is 10.0 Å². The van der Waals surface area contributed by atoms with Crippen LogP contribution in [0.3, 0.4) is 0 Å². The van der Waals surface area contributed by atoms with Gasteiger partial charge >= 0.3 is 0 Å². The molecule has 3 rings (SSSR count).